The molecule has 0 saturated heterocycles. The molecule has 0 unspecified atom stereocenters. The number of hydrogen-bond acceptors (Lipinski definition) is 3. The minimum Gasteiger partial charge on any atom is -0.352 e. The molecular weight excluding hydrogens is 359 g/mol. The molecule has 2 heterocycles. The van der Waals surface area contributed by atoms with Crippen LogP contribution in [-0.4, -0.2) is 27.8 Å². The number of aromatic nitrogens is 3. The number of benzene rings is 1. The normalized spacial score (nSPS) is 14.8. The fourth-order valence-corrected chi connectivity index (χ4v) is 3.38. The number of aliphatic imine (C=N–C) groups is 1. The zero-order valence-corrected chi connectivity index (χ0v) is 15.7. The van der Waals surface area contributed by atoms with Crippen LogP contribution in [0.15, 0.2) is 23.2 Å². The molecule has 2 aromatic rings. The lowest BCUT2D eigenvalue weighted by Gasteiger charge is -2.13. The van der Waals surface area contributed by atoms with Crippen molar-refractivity contribution < 1.29 is 0 Å². The largest absolute Gasteiger partial charge is 0.352 e. The predicted octanol–water partition coefficient (Wildman–Crippen LogP) is 3.18. The molecule has 8 heteroatoms. The maximum Gasteiger partial charge on any atom is 0.191 e. The van der Waals surface area contributed by atoms with Gasteiger partial charge >= 0.3 is 0 Å². The monoisotopic (exact) mass is 380 g/mol. The first-order chi connectivity index (χ1) is 12.2. The second-order valence-corrected chi connectivity index (χ2v) is 6.85. The van der Waals surface area contributed by atoms with E-state index in [1.54, 1.807) is 13.1 Å². The first-order valence-corrected chi connectivity index (χ1v) is 9.22. The Balaban J connectivity index is 1.57. The van der Waals surface area contributed by atoms with Gasteiger partial charge in [-0.05, 0) is 30.5 Å². The van der Waals surface area contributed by atoms with E-state index in [2.05, 4.69) is 30.4 Å². The lowest BCUT2D eigenvalue weighted by Crippen LogP contribution is -2.37. The summed E-state index contributed by atoms with van der Waals surface area (Å²) < 4.78 is 2.23. The van der Waals surface area contributed by atoms with E-state index in [9.17, 15) is 0 Å². The summed E-state index contributed by atoms with van der Waals surface area (Å²) in [4.78, 5) is 4.25. The Morgan fingerprint density at radius 2 is 2.00 bits per heavy atom. The lowest BCUT2D eigenvalue weighted by molar-refractivity contribution is 0.596. The summed E-state index contributed by atoms with van der Waals surface area (Å²) in [6.07, 6.45) is 4.63. The van der Waals surface area contributed by atoms with E-state index in [0.29, 0.717) is 29.1 Å². The van der Waals surface area contributed by atoms with Crippen molar-refractivity contribution >= 4 is 29.2 Å². The Kier molecular flexibility index (Phi) is 6.15. The van der Waals surface area contributed by atoms with Crippen LogP contribution in [0.4, 0.5) is 0 Å². The molecule has 0 fully saturated rings. The molecule has 1 aromatic heterocycles. The maximum absolute atomic E-state index is 6.20. The third-order valence-electron chi connectivity index (χ3n) is 4.29. The van der Waals surface area contributed by atoms with E-state index in [-0.39, 0.29) is 0 Å². The van der Waals surface area contributed by atoms with Crippen LogP contribution in [0.1, 0.15) is 36.5 Å². The summed E-state index contributed by atoms with van der Waals surface area (Å²) in [6, 6.07) is 5.47. The van der Waals surface area contributed by atoms with Gasteiger partial charge in [0, 0.05) is 36.6 Å². The van der Waals surface area contributed by atoms with Crippen molar-refractivity contribution in [1.29, 1.82) is 0 Å². The molecule has 0 atom stereocenters. The zero-order valence-electron chi connectivity index (χ0n) is 14.2. The van der Waals surface area contributed by atoms with Crippen LogP contribution in [0.5, 0.6) is 0 Å². The molecule has 0 saturated carbocycles. The summed E-state index contributed by atoms with van der Waals surface area (Å²) in [5.74, 6) is 2.73. The van der Waals surface area contributed by atoms with E-state index in [4.69, 9.17) is 23.2 Å². The maximum atomic E-state index is 6.20. The third kappa shape index (κ3) is 4.64. The van der Waals surface area contributed by atoms with Gasteiger partial charge in [0.25, 0.3) is 0 Å². The highest BCUT2D eigenvalue weighted by molar-refractivity contribution is 6.35. The van der Waals surface area contributed by atoms with Gasteiger partial charge in [-0.3, -0.25) is 4.99 Å². The highest BCUT2D eigenvalue weighted by atomic mass is 35.5. The third-order valence-corrected chi connectivity index (χ3v) is 4.87. The van der Waals surface area contributed by atoms with Gasteiger partial charge in [0.1, 0.15) is 5.82 Å². The molecule has 134 valence electrons. The van der Waals surface area contributed by atoms with E-state index in [0.717, 1.165) is 30.2 Å². The molecule has 0 spiro atoms. The molecule has 1 aliphatic heterocycles. The van der Waals surface area contributed by atoms with E-state index < -0.39 is 0 Å². The highest BCUT2D eigenvalue weighted by Gasteiger charge is 2.14. The predicted molar refractivity (Wildman–Crippen MR) is 101 cm³/mol. The van der Waals surface area contributed by atoms with Crippen molar-refractivity contribution in [3.8, 4) is 0 Å². The highest BCUT2D eigenvalue weighted by Crippen LogP contribution is 2.20. The summed E-state index contributed by atoms with van der Waals surface area (Å²) in [6.45, 7) is 2.14. The van der Waals surface area contributed by atoms with Gasteiger partial charge in [-0.1, -0.05) is 35.7 Å². The summed E-state index contributed by atoms with van der Waals surface area (Å²) in [7, 11) is 1.74. The number of nitrogens with one attached hydrogen (secondary N) is 2. The number of guanidine groups is 1. The molecule has 3 rings (SSSR count). The lowest BCUT2D eigenvalue weighted by atomic mass is 10.2. The number of hydrogen-bond donors (Lipinski definition) is 2. The summed E-state index contributed by atoms with van der Waals surface area (Å²) >= 11 is 12.1. The van der Waals surface area contributed by atoms with Crippen molar-refractivity contribution in [2.45, 2.75) is 45.3 Å². The fraction of sp³-hybridized carbons (Fsp3) is 0.471. The number of nitrogens with zero attached hydrogens (tertiary/aromatic N) is 4. The standard InChI is InChI=1S/C17H22Cl2N6/c1-20-17(21-10-12-6-7-13(18)9-14(12)19)22-11-16-24-23-15-5-3-2-4-8-25(15)16/h6-7,9H,2-5,8,10-11H2,1H3,(H2,20,21,22). The molecule has 0 amide bonds. The van der Waals surface area contributed by atoms with Gasteiger partial charge in [-0.15, -0.1) is 10.2 Å². The second kappa shape index (κ2) is 8.54. The van der Waals surface area contributed by atoms with Gasteiger partial charge < -0.3 is 15.2 Å². The topological polar surface area (TPSA) is 67.1 Å². The van der Waals surface area contributed by atoms with Crippen molar-refractivity contribution in [3.63, 3.8) is 0 Å². The van der Waals surface area contributed by atoms with Crippen molar-refractivity contribution in [2.75, 3.05) is 7.05 Å². The molecular formula is C17H22Cl2N6. The molecule has 25 heavy (non-hydrogen) atoms. The van der Waals surface area contributed by atoms with E-state index >= 15 is 0 Å². The van der Waals surface area contributed by atoms with Crippen LogP contribution in [0.2, 0.25) is 10.0 Å². The average molecular weight is 381 g/mol. The second-order valence-electron chi connectivity index (χ2n) is 6.01. The van der Waals surface area contributed by atoms with Gasteiger partial charge in [0.05, 0.1) is 6.54 Å². The Morgan fingerprint density at radius 3 is 2.80 bits per heavy atom. The number of halogens is 2. The Labute approximate surface area is 157 Å². The number of rotatable bonds is 4. The SMILES string of the molecule is CN=C(NCc1ccc(Cl)cc1Cl)NCc1nnc2n1CCCCC2. The van der Waals surface area contributed by atoms with Crippen LogP contribution in [-0.2, 0) is 26.1 Å². The Bertz CT molecular complexity index is 756. The van der Waals surface area contributed by atoms with Crippen LogP contribution in [0.3, 0.4) is 0 Å². The van der Waals surface area contributed by atoms with Crippen molar-refractivity contribution in [1.82, 2.24) is 25.4 Å². The number of aryl methyl sites for hydroxylation is 1. The summed E-state index contributed by atoms with van der Waals surface area (Å²) in [5.41, 5.74) is 0.963. The minimum atomic E-state index is 0.563. The van der Waals surface area contributed by atoms with Crippen LogP contribution < -0.4 is 10.6 Å². The van der Waals surface area contributed by atoms with Crippen LogP contribution >= 0.6 is 23.2 Å². The van der Waals surface area contributed by atoms with E-state index in [1.165, 1.54) is 19.3 Å². The first kappa shape index (κ1) is 18.0. The van der Waals surface area contributed by atoms with Crippen molar-refractivity contribution in [3.05, 3.63) is 45.5 Å². The van der Waals surface area contributed by atoms with Gasteiger partial charge in [0.2, 0.25) is 0 Å². The van der Waals surface area contributed by atoms with Gasteiger partial charge in [-0.2, -0.15) is 0 Å². The molecule has 0 aliphatic carbocycles. The molecule has 0 bridgehead atoms. The Morgan fingerprint density at radius 1 is 1.16 bits per heavy atom. The molecule has 1 aliphatic rings. The molecule has 2 N–H and O–H groups in total. The average Bonchev–Trinajstić information content (AvgIpc) is 2.83. The van der Waals surface area contributed by atoms with Crippen LogP contribution in [0.25, 0.3) is 0 Å². The van der Waals surface area contributed by atoms with Gasteiger partial charge in [0.15, 0.2) is 11.8 Å². The minimum absolute atomic E-state index is 0.563. The number of fused-ring (bicyclic) bond motifs is 1. The molecule has 0 radical (unpaired) electrons. The fourth-order valence-electron chi connectivity index (χ4n) is 2.90. The van der Waals surface area contributed by atoms with Gasteiger partial charge in [-0.25, -0.2) is 0 Å². The van der Waals surface area contributed by atoms with Crippen molar-refractivity contribution in [2.24, 2.45) is 4.99 Å². The van der Waals surface area contributed by atoms with E-state index in [1.807, 2.05) is 12.1 Å². The Hall–Kier alpha value is -1.79. The zero-order chi connectivity index (χ0) is 17.6. The summed E-state index contributed by atoms with van der Waals surface area (Å²) in [5, 5.41) is 16.4. The van der Waals surface area contributed by atoms with Crippen LogP contribution in [0, 0.1) is 0 Å². The first-order valence-electron chi connectivity index (χ1n) is 8.47. The molecule has 6 nitrogen and oxygen atoms in total. The smallest absolute Gasteiger partial charge is 0.191 e. The quantitative estimate of drug-likeness (QED) is 0.631. The molecule has 1 aromatic carbocycles.